The highest BCUT2D eigenvalue weighted by atomic mass is 35.5. The zero-order chi connectivity index (χ0) is 14.9. The van der Waals surface area contributed by atoms with Crippen LogP contribution < -0.4 is 5.73 Å². The molecule has 2 saturated carbocycles. The normalized spacial score (nSPS) is 20.5. The van der Waals surface area contributed by atoms with Gasteiger partial charge in [-0.05, 0) is 50.5 Å². The predicted molar refractivity (Wildman–Crippen MR) is 91.8 cm³/mol. The van der Waals surface area contributed by atoms with Crippen molar-refractivity contribution in [2.75, 3.05) is 0 Å². The van der Waals surface area contributed by atoms with E-state index in [-0.39, 0.29) is 23.9 Å². The fourth-order valence-corrected chi connectivity index (χ4v) is 3.28. The predicted octanol–water partition coefficient (Wildman–Crippen LogP) is 3.51. The van der Waals surface area contributed by atoms with Gasteiger partial charge in [-0.15, -0.1) is 12.4 Å². The molecule has 1 unspecified atom stereocenters. The van der Waals surface area contributed by atoms with Gasteiger partial charge in [0, 0.05) is 24.5 Å². The highest BCUT2D eigenvalue weighted by molar-refractivity contribution is 5.85. The highest BCUT2D eigenvalue weighted by Crippen LogP contribution is 2.37. The lowest BCUT2D eigenvalue weighted by Crippen LogP contribution is -2.51. The van der Waals surface area contributed by atoms with Gasteiger partial charge in [-0.3, -0.25) is 4.79 Å². The Hall–Kier alpha value is -1.06. The molecule has 1 aromatic rings. The Balaban J connectivity index is 0.00000176. The van der Waals surface area contributed by atoms with Crippen LogP contribution in [0.2, 0.25) is 0 Å². The number of carbonyl (C=O) groups is 1. The van der Waals surface area contributed by atoms with Crippen molar-refractivity contribution in [3.63, 3.8) is 0 Å². The molecule has 1 aromatic carbocycles. The third kappa shape index (κ3) is 4.02. The van der Waals surface area contributed by atoms with Crippen molar-refractivity contribution >= 4 is 18.3 Å². The summed E-state index contributed by atoms with van der Waals surface area (Å²) in [5.41, 5.74) is 7.26. The molecule has 2 fully saturated rings. The molecule has 2 aliphatic rings. The van der Waals surface area contributed by atoms with Gasteiger partial charge in [-0.1, -0.05) is 30.3 Å². The van der Waals surface area contributed by atoms with E-state index in [1.807, 2.05) is 18.2 Å². The second kappa shape index (κ2) is 7.01. The quantitative estimate of drug-likeness (QED) is 0.871. The number of benzene rings is 1. The molecule has 2 N–H and O–H groups in total. The van der Waals surface area contributed by atoms with Crippen molar-refractivity contribution in [3.8, 4) is 0 Å². The summed E-state index contributed by atoms with van der Waals surface area (Å²) in [6.07, 6.45) is 6.18. The second-order valence-corrected chi connectivity index (χ2v) is 6.98. The molecule has 0 spiro atoms. The van der Waals surface area contributed by atoms with E-state index in [9.17, 15) is 4.79 Å². The molecular formula is C18H27ClN2O. The third-order valence-corrected chi connectivity index (χ3v) is 5.16. The van der Waals surface area contributed by atoms with Crippen molar-refractivity contribution in [2.45, 2.75) is 63.6 Å². The van der Waals surface area contributed by atoms with Crippen molar-refractivity contribution in [3.05, 3.63) is 35.9 Å². The lowest BCUT2D eigenvalue weighted by atomic mass is 9.75. The van der Waals surface area contributed by atoms with E-state index in [4.69, 9.17) is 5.73 Å². The van der Waals surface area contributed by atoms with Crippen LogP contribution in [0.5, 0.6) is 0 Å². The maximum absolute atomic E-state index is 12.8. The summed E-state index contributed by atoms with van der Waals surface area (Å²) in [4.78, 5) is 14.8. The van der Waals surface area contributed by atoms with Crippen molar-refractivity contribution in [1.29, 1.82) is 0 Å². The number of rotatable bonds is 6. The number of carbonyl (C=O) groups excluding carboxylic acids is 1. The monoisotopic (exact) mass is 322 g/mol. The van der Waals surface area contributed by atoms with E-state index in [0.717, 1.165) is 12.8 Å². The molecule has 3 rings (SSSR count). The van der Waals surface area contributed by atoms with Gasteiger partial charge >= 0.3 is 0 Å². The van der Waals surface area contributed by atoms with Crippen LogP contribution in [0.15, 0.2) is 30.3 Å². The Morgan fingerprint density at radius 1 is 1.32 bits per heavy atom. The number of hydrogen-bond donors (Lipinski definition) is 1. The molecule has 0 saturated heterocycles. The molecule has 0 radical (unpaired) electrons. The fraction of sp³-hybridized carbons (Fsp3) is 0.611. The number of nitrogens with two attached hydrogens (primary N) is 1. The summed E-state index contributed by atoms with van der Waals surface area (Å²) in [7, 11) is 0. The Bertz CT molecular complexity index is 497. The first-order valence-corrected chi connectivity index (χ1v) is 8.20. The van der Waals surface area contributed by atoms with Crippen LogP contribution in [0.1, 0.15) is 51.0 Å². The maximum atomic E-state index is 12.8. The third-order valence-electron chi connectivity index (χ3n) is 5.16. The molecule has 4 heteroatoms. The van der Waals surface area contributed by atoms with Crippen molar-refractivity contribution in [1.82, 2.24) is 4.90 Å². The molecule has 0 aliphatic heterocycles. The summed E-state index contributed by atoms with van der Waals surface area (Å²) in [5, 5.41) is 0. The van der Waals surface area contributed by atoms with Crippen LogP contribution in [0.4, 0.5) is 0 Å². The van der Waals surface area contributed by atoms with Gasteiger partial charge in [-0.25, -0.2) is 0 Å². The fourth-order valence-electron chi connectivity index (χ4n) is 3.28. The van der Waals surface area contributed by atoms with Gasteiger partial charge in [0.15, 0.2) is 0 Å². The Labute approximate surface area is 139 Å². The van der Waals surface area contributed by atoms with Crippen LogP contribution in [-0.2, 0) is 11.3 Å². The first-order chi connectivity index (χ1) is 10.1. The molecule has 0 aromatic heterocycles. The summed E-state index contributed by atoms with van der Waals surface area (Å²) in [6.45, 7) is 2.91. The Morgan fingerprint density at radius 2 is 1.95 bits per heavy atom. The lowest BCUT2D eigenvalue weighted by Gasteiger charge is -2.40. The van der Waals surface area contributed by atoms with Crippen LogP contribution in [0.3, 0.4) is 0 Å². The summed E-state index contributed by atoms with van der Waals surface area (Å²) in [5.74, 6) is 0.924. The molecule has 0 heterocycles. The van der Waals surface area contributed by atoms with Gasteiger partial charge in [-0.2, -0.15) is 0 Å². The SMILES string of the molecule is CC(C1CC1)N(Cc1ccccc1)C(=O)CC1(N)CCC1.Cl. The van der Waals surface area contributed by atoms with E-state index >= 15 is 0 Å². The number of nitrogens with zero attached hydrogens (tertiary/aromatic N) is 1. The van der Waals surface area contributed by atoms with Crippen LogP contribution in [0.25, 0.3) is 0 Å². The van der Waals surface area contributed by atoms with Gasteiger partial charge < -0.3 is 10.6 Å². The average molecular weight is 323 g/mol. The molecule has 1 atom stereocenters. The van der Waals surface area contributed by atoms with E-state index in [1.165, 1.54) is 24.8 Å². The van der Waals surface area contributed by atoms with E-state index in [0.29, 0.717) is 24.9 Å². The first-order valence-electron chi connectivity index (χ1n) is 8.20. The van der Waals surface area contributed by atoms with E-state index in [2.05, 4.69) is 24.0 Å². The second-order valence-electron chi connectivity index (χ2n) is 6.98. The summed E-state index contributed by atoms with van der Waals surface area (Å²) >= 11 is 0. The smallest absolute Gasteiger partial charge is 0.224 e. The first kappa shape index (κ1) is 17.3. The van der Waals surface area contributed by atoms with Crippen LogP contribution in [0, 0.1) is 5.92 Å². The highest BCUT2D eigenvalue weighted by Gasteiger charge is 2.39. The number of amides is 1. The number of hydrogen-bond acceptors (Lipinski definition) is 2. The van der Waals surface area contributed by atoms with E-state index in [1.54, 1.807) is 0 Å². The van der Waals surface area contributed by atoms with Gasteiger partial charge in [0.25, 0.3) is 0 Å². The lowest BCUT2D eigenvalue weighted by molar-refractivity contribution is -0.136. The molecule has 0 bridgehead atoms. The van der Waals surface area contributed by atoms with Crippen LogP contribution >= 0.6 is 12.4 Å². The van der Waals surface area contributed by atoms with Gasteiger partial charge in [0.1, 0.15) is 0 Å². The molecule has 122 valence electrons. The van der Waals surface area contributed by atoms with Gasteiger partial charge in [0.05, 0.1) is 0 Å². The molecule has 2 aliphatic carbocycles. The zero-order valence-electron chi connectivity index (χ0n) is 13.3. The van der Waals surface area contributed by atoms with Crippen LogP contribution in [-0.4, -0.2) is 22.4 Å². The van der Waals surface area contributed by atoms with E-state index < -0.39 is 0 Å². The summed E-state index contributed by atoms with van der Waals surface area (Å²) < 4.78 is 0. The Kier molecular flexibility index (Phi) is 5.51. The molecule has 3 nitrogen and oxygen atoms in total. The minimum atomic E-state index is -0.227. The molecular weight excluding hydrogens is 296 g/mol. The largest absolute Gasteiger partial charge is 0.335 e. The molecule has 1 amide bonds. The van der Waals surface area contributed by atoms with Crippen molar-refractivity contribution in [2.24, 2.45) is 11.7 Å². The Morgan fingerprint density at radius 3 is 2.45 bits per heavy atom. The zero-order valence-corrected chi connectivity index (χ0v) is 14.1. The minimum Gasteiger partial charge on any atom is -0.335 e. The average Bonchev–Trinajstić information content (AvgIpc) is 3.28. The summed E-state index contributed by atoms with van der Waals surface area (Å²) in [6, 6.07) is 10.6. The maximum Gasteiger partial charge on any atom is 0.224 e. The minimum absolute atomic E-state index is 0. The topological polar surface area (TPSA) is 46.3 Å². The molecule has 22 heavy (non-hydrogen) atoms. The van der Waals surface area contributed by atoms with Crippen molar-refractivity contribution < 1.29 is 4.79 Å². The number of halogens is 1. The van der Waals surface area contributed by atoms with Gasteiger partial charge in [0.2, 0.25) is 5.91 Å². The standard InChI is InChI=1S/C18H26N2O.ClH/c1-14(16-8-9-16)20(13-15-6-3-2-4-7-15)17(21)12-18(19)10-5-11-18;/h2-4,6-7,14,16H,5,8-13,19H2,1H3;1H.